The van der Waals surface area contributed by atoms with Gasteiger partial charge < -0.3 is 5.32 Å². The molecular weight excluding hydrogens is 256 g/mol. The molecule has 2 heteroatoms. The van der Waals surface area contributed by atoms with Gasteiger partial charge in [-0.3, -0.25) is 4.90 Å². The van der Waals surface area contributed by atoms with E-state index in [-0.39, 0.29) is 0 Å². The summed E-state index contributed by atoms with van der Waals surface area (Å²) in [7, 11) is 0. The Kier molecular flexibility index (Phi) is 5.61. The highest BCUT2D eigenvalue weighted by molar-refractivity contribution is 5.00. The summed E-state index contributed by atoms with van der Waals surface area (Å²) in [5.74, 6) is 1.05. The van der Waals surface area contributed by atoms with Crippen LogP contribution in [0.1, 0.15) is 84.5 Å². The lowest BCUT2D eigenvalue weighted by Gasteiger charge is -2.46. The Morgan fingerprint density at radius 1 is 0.810 bits per heavy atom. The van der Waals surface area contributed by atoms with E-state index in [1.807, 2.05) is 0 Å². The Morgan fingerprint density at radius 2 is 1.43 bits per heavy atom. The SMILES string of the molecule is CCCNC1CC2CCC(C1)N2C1CCC(CCC)CC1. The van der Waals surface area contributed by atoms with E-state index < -0.39 is 0 Å². The minimum absolute atomic E-state index is 0.815. The first-order chi connectivity index (χ1) is 10.3. The van der Waals surface area contributed by atoms with E-state index in [2.05, 4.69) is 24.1 Å². The third kappa shape index (κ3) is 3.64. The van der Waals surface area contributed by atoms with Gasteiger partial charge in [-0.2, -0.15) is 0 Å². The van der Waals surface area contributed by atoms with Gasteiger partial charge >= 0.3 is 0 Å². The second-order valence-corrected chi connectivity index (χ2v) is 7.92. The number of piperidine rings is 1. The van der Waals surface area contributed by atoms with Crippen LogP contribution in [-0.2, 0) is 0 Å². The fourth-order valence-corrected chi connectivity index (χ4v) is 5.46. The first-order valence-electron chi connectivity index (χ1n) is 9.82. The highest BCUT2D eigenvalue weighted by Crippen LogP contribution is 2.41. The molecule has 3 aliphatic rings. The zero-order valence-corrected chi connectivity index (χ0v) is 14.3. The monoisotopic (exact) mass is 292 g/mol. The van der Waals surface area contributed by atoms with Crippen molar-refractivity contribution in [2.75, 3.05) is 6.54 Å². The van der Waals surface area contributed by atoms with Crippen LogP contribution in [0.15, 0.2) is 0 Å². The summed E-state index contributed by atoms with van der Waals surface area (Å²) >= 11 is 0. The van der Waals surface area contributed by atoms with E-state index in [4.69, 9.17) is 0 Å². The average molecular weight is 293 g/mol. The molecule has 2 aliphatic heterocycles. The predicted octanol–water partition coefficient (Wildman–Crippen LogP) is 4.34. The normalized spacial score (nSPS) is 40.6. The Balaban J connectivity index is 1.51. The zero-order chi connectivity index (χ0) is 14.7. The van der Waals surface area contributed by atoms with Gasteiger partial charge in [-0.05, 0) is 70.3 Å². The Hall–Kier alpha value is -0.0800. The van der Waals surface area contributed by atoms with Crippen molar-refractivity contribution in [3.8, 4) is 0 Å². The third-order valence-corrected chi connectivity index (χ3v) is 6.41. The molecule has 2 atom stereocenters. The van der Waals surface area contributed by atoms with Gasteiger partial charge in [0.05, 0.1) is 0 Å². The molecule has 0 spiro atoms. The van der Waals surface area contributed by atoms with Crippen molar-refractivity contribution in [3.05, 3.63) is 0 Å². The molecule has 0 amide bonds. The summed E-state index contributed by atoms with van der Waals surface area (Å²) in [6, 6.07) is 3.56. The molecule has 122 valence electrons. The largest absolute Gasteiger partial charge is 0.314 e. The maximum absolute atomic E-state index is 3.79. The fourth-order valence-electron chi connectivity index (χ4n) is 5.46. The van der Waals surface area contributed by atoms with Crippen LogP contribution >= 0.6 is 0 Å². The van der Waals surface area contributed by atoms with E-state index >= 15 is 0 Å². The molecule has 2 heterocycles. The number of nitrogens with one attached hydrogen (secondary N) is 1. The molecule has 0 radical (unpaired) electrons. The van der Waals surface area contributed by atoms with Crippen LogP contribution in [0.2, 0.25) is 0 Å². The second kappa shape index (κ2) is 7.46. The van der Waals surface area contributed by atoms with E-state index in [9.17, 15) is 0 Å². The molecule has 2 bridgehead atoms. The molecule has 3 fully saturated rings. The molecule has 0 aromatic heterocycles. The maximum Gasteiger partial charge on any atom is 0.0116 e. The number of rotatable bonds is 6. The van der Waals surface area contributed by atoms with Crippen molar-refractivity contribution < 1.29 is 0 Å². The molecular formula is C19H36N2. The smallest absolute Gasteiger partial charge is 0.0116 e. The maximum atomic E-state index is 3.79. The lowest BCUT2D eigenvalue weighted by atomic mass is 9.81. The van der Waals surface area contributed by atoms with Gasteiger partial charge in [0.2, 0.25) is 0 Å². The molecule has 0 aromatic carbocycles. The lowest BCUT2D eigenvalue weighted by Crippen LogP contribution is -2.53. The van der Waals surface area contributed by atoms with Gasteiger partial charge in [0.15, 0.2) is 0 Å². The van der Waals surface area contributed by atoms with E-state index in [1.54, 1.807) is 0 Å². The molecule has 2 saturated heterocycles. The van der Waals surface area contributed by atoms with Crippen molar-refractivity contribution in [2.45, 2.75) is 109 Å². The molecule has 0 aromatic rings. The van der Waals surface area contributed by atoms with Crippen molar-refractivity contribution in [2.24, 2.45) is 5.92 Å². The average Bonchev–Trinajstić information content (AvgIpc) is 2.77. The van der Waals surface area contributed by atoms with Crippen LogP contribution in [-0.4, -0.2) is 35.6 Å². The van der Waals surface area contributed by atoms with Gasteiger partial charge in [0.1, 0.15) is 0 Å². The Bertz CT molecular complexity index is 295. The van der Waals surface area contributed by atoms with Crippen molar-refractivity contribution in [1.29, 1.82) is 0 Å². The van der Waals surface area contributed by atoms with Crippen molar-refractivity contribution in [3.63, 3.8) is 0 Å². The molecule has 3 rings (SSSR count). The van der Waals surface area contributed by atoms with Gasteiger partial charge in [0.25, 0.3) is 0 Å². The first kappa shape index (κ1) is 15.8. The quantitative estimate of drug-likeness (QED) is 0.783. The predicted molar refractivity (Wildman–Crippen MR) is 90.6 cm³/mol. The second-order valence-electron chi connectivity index (χ2n) is 7.92. The number of hydrogen-bond acceptors (Lipinski definition) is 2. The fraction of sp³-hybridized carbons (Fsp3) is 1.00. The molecule has 2 unspecified atom stereocenters. The first-order valence-corrected chi connectivity index (χ1v) is 9.82. The molecule has 1 N–H and O–H groups in total. The van der Waals surface area contributed by atoms with Crippen molar-refractivity contribution >= 4 is 0 Å². The zero-order valence-electron chi connectivity index (χ0n) is 14.3. The minimum Gasteiger partial charge on any atom is -0.314 e. The molecule has 2 nitrogen and oxygen atoms in total. The van der Waals surface area contributed by atoms with Crippen LogP contribution in [0.5, 0.6) is 0 Å². The molecule has 1 saturated carbocycles. The van der Waals surface area contributed by atoms with Crippen molar-refractivity contribution in [1.82, 2.24) is 10.2 Å². The standard InChI is InChI=1S/C19H36N2/c1-3-5-15-6-8-17(9-7-15)21-18-10-11-19(21)14-16(13-18)20-12-4-2/h15-20H,3-14H2,1-2H3. The van der Waals surface area contributed by atoms with E-state index in [0.717, 1.165) is 30.1 Å². The summed E-state index contributed by atoms with van der Waals surface area (Å²) in [5, 5.41) is 3.79. The van der Waals surface area contributed by atoms with Gasteiger partial charge in [-0.25, -0.2) is 0 Å². The lowest BCUT2D eigenvalue weighted by molar-refractivity contribution is 0.0425. The van der Waals surface area contributed by atoms with Gasteiger partial charge in [-0.15, -0.1) is 0 Å². The van der Waals surface area contributed by atoms with Crippen LogP contribution in [0.25, 0.3) is 0 Å². The Morgan fingerprint density at radius 3 is 2.00 bits per heavy atom. The van der Waals surface area contributed by atoms with Crippen LogP contribution in [0, 0.1) is 5.92 Å². The van der Waals surface area contributed by atoms with E-state index in [1.165, 1.54) is 77.2 Å². The highest BCUT2D eigenvalue weighted by atomic mass is 15.3. The Labute approximate surface area is 132 Å². The number of fused-ring (bicyclic) bond motifs is 2. The minimum atomic E-state index is 0.815. The van der Waals surface area contributed by atoms with Crippen LogP contribution in [0.3, 0.4) is 0 Å². The molecule has 1 aliphatic carbocycles. The number of nitrogens with zero attached hydrogens (tertiary/aromatic N) is 1. The summed E-state index contributed by atoms with van der Waals surface area (Å²) in [6.45, 7) is 5.85. The number of hydrogen-bond donors (Lipinski definition) is 1. The van der Waals surface area contributed by atoms with Crippen LogP contribution in [0.4, 0.5) is 0 Å². The highest BCUT2D eigenvalue weighted by Gasteiger charge is 2.44. The molecule has 21 heavy (non-hydrogen) atoms. The topological polar surface area (TPSA) is 15.3 Å². The third-order valence-electron chi connectivity index (χ3n) is 6.41. The van der Waals surface area contributed by atoms with E-state index in [0.29, 0.717) is 0 Å². The summed E-state index contributed by atoms with van der Waals surface area (Å²) in [4.78, 5) is 2.99. The van der Waals surface area contributed by atoms with Gasteiger partial charge in [-0.1, -0.05) is 26.7 Å². The van der Waals surface area contributed by atoms with Crippen LogP contribution < -0.4 is 5.32 Å². The summed E-state index contributed by atoms with van der Waals surface area (Å²) < 4.78 is 0. The summed E-state index contributed by atoms with van der Waals surface area (Å²) in [5.41, 5.74) is 0. The van der Waals surface area contributed by atoms with Gasteiger partial charge in [0, 0.05) is 24.2 Å². The summed E-state index contributed by atoms with van der Waals surface area (Å²) in [6.07, 6.45) is 15.9.